The van der Waals surface area contributed by atoms with Gasteiger partial charge in [0.1, 0.15) is 0 Å². The highest BCUT2D eigenvalue weighted by Crippen LogP contribution is 2.24. The summed E-state index contributed by atoms with van der Waals surface area (Å²) in [6, 6.07) is 11.8. The molecule has 0 saturated carbocycles. The summed E-state index contributed by atoms with van der Waals surface area (Å²) in [5.41, 5.74) is 2.01. The van der Waals surface area contributed by atoms with Gasteiger partial charge >= 0.3 is 0 Å². The molecule has 1 N–H and O–H groups in total. The molecular weight excluding hydrogens is 274 g/mol. The molecular formula is C16H14ClNO2. The normalized spacial score (nSPS) is 10.2. The van der Waals surface area contributed by atoms with Crippen LogP contribution in [0.3, 0.4) is 0 Å². The monoisotopic (exact) mass is 287 g/mol. The van der Waals surface area contributed by atoms with E-state index in [2.05, 4.69) is 5.32 Å². The highest BCUT2D eigenvalue weighted by atomic mass is 35.5. The number of Topliss-reactive ketones (excluding diaryl/α,β-unsaturated/α-hetero) is 1. The minimum atomic E-state index is -0.191. The third-order valence-corrected chi connectivity index (χ3v) is 3.38. The zero-order valence-electron chi connectivity index (χ0n) is 11.2. The first-order chi connectivity index (χ1) is 9.54. The Bertz CT molecular complexity index is 680. The first-order valence-electron chi connectivity index (χ1n) is 6.16. The van der Waals surface area contributed by atoms with Crippen molar-refractivity contribution in [2.75, 3.05) is 12.4 Å². The van der Waals surface area contributed by atoms with E-state index in [1.165, 1.54) is 6.92 Å². The quantitative estimate of drug-likeness (QED) is 0.870. The number of benzene rings is 2. The third kappa shape index (κ3) is 2.73. The van der Waals surface area contributed by atoms with Crippen molar-refractivity contribution >= 4 is 28.9 Å². The number of carbonyl (C=O) groups excluding carboxylic acids is 2. The molecule has 0 aliphatic rings. The van der Waals surface area contributed by atoms with E-state index in [9.17, 15) is 9.59 Å². The standard InChI is InChI=1S/C16H14ClNO2/c1-10(19)12-5-3-4-6-13(12)16(20)11-7-8-14(17)15(9-11)18-2/h3-9,18H,1-2H3. The van der Waals surface area contributed by atoms with Gasteiger partial charge in [-0.25, -0.2) is 0 Å². The largest absolute Gasteiger partial charge is 0.387 e. The average Bonchev–Trinajstić information content (AvgIpc) is 2.47. The Morgan fingerprint density at radius 3 is 2.30 bits per heavy atom. The average molecular weight is 288 g/mol. The SMILES string of the molecule is CNc1cc(C(=O)c2ccccc2C(C)=O)ccc1Cl. The smallest absolute Gasteiger partial charge is 0.193 e. The first-order valence-corrected chi connectivity index (χ1v) is 6.54. The fourth-order valence-corrected chi connectivity index (χ4v) is 2.21. The molecule has 0 atom stereocenters. The minimum absolute atomic E-state index is 0.128. The van der Waals surface area contributed by atoms with Crippen LogP contribution in [-0.2, 0) is 0 Å². The van der Waals surface area contributed by atoms with Gasteiger partial charge in [0.15, 0.2) is 11.6 Å². The summed E-state index contributed by atoms with van der Waals surface area (Å²) >= 11 is 6.00. The summed E-state index contributed by atoms with van der Waals surface area (Å²) in [4.78, 5) is 24.1. The predicted octanol–water partition coefficient (Wildman–Crippen LogP) is 3.82. The number of rotatable bonds is 4. The van der Waals surface area contributed by atoms with Gasteiger partial charge in [0.2, 0.25) is 0 Å². The van der Waals surface area contributed by atoms with E-state index in [-0.39, 0.29) is 11.6 Å². The van der Waals surface area contributed by atoms with Gasteiger partial charge in [0.05, 0.1) is 10.7 Å². The molecule has 0 aromatic heterocycles. The first kappa shape index (κ1) is 14.3. The van der Waals surface area contributed by atoms with Crippen LogP contribution >= 0.6 is 11.6 Å². The van der Waals surface area contributed by atoms with Gasteiger partial charge in [-0.05, 0) is 25.1 Å². The fourth-order valence-electron chi connectivity index (χ4n) is 2.00. The van der Waals surface area contributed by atoms with E-state index in [0.29, 0.717) is 27.4 Å². The van der Waals surface area contributed by atoms with Crippen molar-refractivity contribution in [3.8, 4) is 0 Å². The van der Waals surface area contributed by atoms with Crippen molar-refractivity contribution in [2.24, 2.45) is 0 Å². The van der Waals surface area contributed by atoms with E-state index in [0.717, 1.165) is 0 Å². The Hall–Kier alpha value is -2.13. The van der Waals surface area contributed by atoms with Gasteiger partial charge in [-0.2, -0.15) is 0 Å². The third-order valence-electron chi connectivity index (χ3n) is 3.05. The van der Waals surface area contributed by atoms with Crippen molar-refractivity contribution < 1.29 is 9.59 Å². The Kier molecular flexibility index (Phi) is 4.20. The number of carbonyl (C=O) groups is 2. The molecule has 0 saturated heterocycles. The van der Waals surface area contributed by atoms with Crippen LogP contribution in [0, 0.1) is 0 Å². The molecule has 2 rings (SSSR count). The van der Waals surface area contributed by atoms with Crippen molar-refractivity contribution in [2.45, 2.75) is 6.92 Å². The van der Waals surface area contributed by atoms with E-state index in [1.54, 1.807) is 49.5 Å². The molecule has 0 fully saturated rings. The zero-order valence-corrected chi connectivity index (χ0v) is 12.0. The molecule has 0 amide bonds. The van der Waals surface area contributed by atoms with E-state index < -0.39 is 0 Å². The van der Waals surface area contributed by atoms with Crippen LogP contribution in [0.1, 0.15) is 33.2 Å². The molecule has 3 nitrogen and oxygen atoms in total. The van der Waals surface area contributed by atoms with Gasteiger partial charge < -0.3 is 5.32 Å². The topological polar surface area (TPSA) is 46.2 Å². The second-order valence-electron chi connectivity index (χ2n) is 4.38. The van der Waals surface area contributed by atoms with Gasteiger partial charge in [0, 0.05) is 23.7 Å². The highest BCUT2D eigenvalue weighted by molar-refractivity contribution is 6.33. The summed E-state index contributed by atoms with van der Waals surface area (Å²) in [6.45, 7) is 1.45. The Balaban J connectivity index is 2.49. The van der Waals surface area contributed by atoms with E-state index in [4.69, 9.17) is 11.6 Å². The maximum Gasteiger partial charge on any atom is 0.193 e. The zero-order chi connectivity index (χ0) is 14.7. The lowest BCUT2D eigenvalue weighted by Gasteiger charge is -2.09. The minimum Gasteiger partial charge on any atom is -0.387 e. The number of halogens is 1. The second kappa shape index (κ2) is 5.88. The fraction of sp³-hybridized carbons (Fsp3) is 0.125. The molecule has 0 heterocycles. The molecule has 2 aromatic carbocycles. The Morgan fingerprint density at radius 1 is 1.05 bits per heavy atom. The highest BCUT2D eigenvalue weighted by Gasteiger charge is 2.16. The number of ketones is 2. The molecule has 4 heteroatoms. The van der Waals surface area contributed by atoms with E-state index in [1.807, 2.05) is 0 Å². The van der Waals surface area contributed by atoms with Crippen LogP contribution in [0.2, 0.25) is 5.02 Å². The van der Waals surface area contributed by atoms with Crippen LogP contribution in [0.25, 0.3) is 0 Å². The number of anilines is 1. The van der Waals surface area contributed by atoms with Crippen molar-refractivity contribution in [1.82, 2.24) is 0 Å². The molecule has 20 heavy (non-hydrogen) atoms. The summed E-state index contributed by atoms with van der Waals surface area (Å²) in [5, 5.41) is 3.47. The molecule has 0 aliphatic carbocycles. The molecule has 0 bridgehead atoms. The van der Waals surface area contributed by atoms with Crippen LogP contribution < -0.4 is 5.32 Å². The Morgan fingerprint density at radius 2 is 1.70 bits per heavy atom. The number of hydrogen-bond donors (Lipinski definition) is 1. The van der Waals surface area contributed by atoms with Crippen LogP contribution in [0.4, 0.5) is 5.69 Å². The number of hydrogen-bond acceptors (Lipinski definition) is 3. The summed E-state index contributed by atoms with van der Waals surface area (Å²) in [5.74, 6) is -0.319. The van der Waals surface area contributed by atoms with Crippen LogP contribution in [-0.4, -0.2) is 18.6 Å². The molecule has 0 unspecified atom stereocenters. The molecule has 102 valence electrons. The van der Waals surface area contributed by atoms with Gasteiger partial charge in [-0.3, -0.25) is 9.59 Å². The lowest BCUT2D eigenvalue weighted by molar-refractivity contribution is 0.0990. The lowest BCUT2D eigenvalue weighted by atomic mass is 9.96. The maximum atomic E-state index is 12.5. The van der Waals surface area contributed by atoms with Gasteiger partial charge in [-0.15, -0.1) is 0 Å². The lowest BCUT2D eigenvalue weighted by Crippen LogP contribution is -2.08. The molecule has 0 aliphatic heterocycles. The molecule has 2 aromatic rings. The van der Waals surface area contributed by atoms with E-state index >= 15 is 0 Å². The summed E-state index contributed by atoms with van der Waals surface area (Å²) < 4.78 is 0. The van der Waals surface area contributed by atoms with Crippen LogP contribution in [0.15, 0.2) is 42.5 Å². The predicted molar refractivity (Wildman–Crippen MR) is 80.9 cm³/mol. The summed E-state index contributed by atoms with van der Waals surface area (Å²) in [6.07, 6.45) is 0. The maximum absolute atomic E-state index is 12.5. The second-order valence-corrected chi connectivity index (χ2v) is 4.78. The molecule has 0 spiro atoms. The van der Waals surface area contributed by atoms with Crippen molar-refractivity contribution in [1.29, 1.82) is 0 Å². The van der Waals surface area contributed by atoms with Gasteiger partial charge in [-0.1, -0.05) is 35.9 Å². The van der Waals surface area contributed by atoms with Crippen molar-refractivity contribution in [3.05, 3.63) is 64.2 Å². The molecule has 0 radical (unpaired) electrons. The van der Waals surface area contributed by atoms with Gasteiger partial charge in [0.25, 0.3) is 0 Å². The summed E-state index contributed by atoms with van der Waals surface area (Å²) in [7, 11) is 1.74. The van der Waals surface area contributed by atoms with Crippen LogP contribution in [0.5, 0.6) is 0 Å². The van der Waals surface area contributed by atoms with Crippen molar-refractivity contribution in [3.63, 3.8) is 0 Å². The Labute approximate surface area is 122 Å². The number of nitrogens with one attached hydrogen (secondary N) is 1.